The number of aliphatic imine (C=N–C) groups is 2. The topological polar surface area (TPSA) is 41.8 Å². The molecule has 4 heteroatoms. The lowest BCUT2D eigenvalue weighted by molar-refractivity contribution is 0.561. The van der Waals surface area contributed by atoms with Crippen molar-refractivity contribution in [2.75, 3.05) is 6.54 Å². The normalized spacial score (nSPS) is 25.0. The first-order chi connectivity index (χ1) is 4.34. The number of rotatable bonds is 1. The van der Waals surface area contributed by atoms with Crippen LogP contribution in [0.4, 0.5) is 0 Å². The third-order valence-corrected chi connectivity index (χ3v) is 1.62. The second kappa shape index (κ2) is 2.80. The Hall–Kier alpha value is -0.600. The third kappa shape index (κ3) is 1.40. The van der Waals surface area contributed by atoms with Gasteiger partial charge in [0.1, 0.15) is 6.04 Å². The first kappa shape index (κ1) is 6.52. The Bertz CT molecular complexity index is 183. The van der Waals surface area contributed by atoms with Crippen LogP contribution < -0.4 is 0 Å². The molecule has 0 aliphatic carbocycles. The van der Waals surface area contributed by atoms with E-state index in [0.717, 1.165) is 13.0 Å². The minimum atomic E-state index is -0.106. The average Bonchev–Trinajstić information content (AvgIpc) is 2.18. The van der Waals surface area contributed by atoms with E-state index in [2.05, 4.69) is 22.6 Å². The Morgan fingerprint density at radius 1 is 1.89 bits per heavy atom. The number of nitrogens with zero attached hydrogens (tertiary/aromatic N) is 2. The van der Waals surface area contributed by atoms with Crippen LogP contribution >= 0.6 is 12.6 Å². The van der Waals surface area contributed by atoms with E-state index in [4.69, 9.17) is 0 Å². The molecule has 1 aliphatic rings. The van der Waals surface area contributed by atoms with Crippen molar-refractivity contribution in [1.82, 2.24) is 0 Å². The Morgan fingerprint density at radius 2 is 2.67 bits per heavy atom. The Kier molecular flexibility index (Phi) is 2.03. The highest BCUT2D eigenvalue weighted by molar-refractivity contribution is 7.97. The van der Waals surface area contributed by atoms with Gasteiger partial charge < -0.3 is 0 Å². The van der Waals surface area contributed by atoms with Crippen LogP contribution in [0.25, 0.3) is 0 Å². The number of isocyanates is 1. The summed E-state index contributed by atoms with van der Waals surface area (Å²) < 4.78 is 0. The van der Waals surface area contributed by atoms with E-state index in [-0.39, 0.29) is 6.04 Å². The molecule has 0 fully saturated rings. The molecule has 9 heavy (non-hydrogen) atoms. The van der Waals surface area contributed by atoms with Crippen LogP contribution in [0.3, 0.4) is 0 Å². The number of hydrogen-bond acceptors (Lipinski definition) is 3. The van der Waals surface area contributed by atoms with E-state index in [1.165, 1.54) is 6.08 Å². The maximum Gasteiger partial charge on any atom is 0.235 e. The fraction of sp³-hybridized carbons (Fsp3) is 0.600. The molecule has 0 bridgehead atoms. The van der Waals surface area contributed by atoms with Crippen LogP contribution in [0.15, 0.2) is 9.98 Å². The van der Waals surface area contributed by atoms with Gasteiger partial charge in [0.2, 0.25) is 6.08 Å². The van der Waals surface area contributed by atoms with Gasteiger partial charge >= 0.3 is 0 Å². The molecular formula is C5H6N2OS. The number of carbonyl (C=O) groups excluding carboxylic acids is 1. The van der Waals surface area contributed by atoms with Gasteiger partial charge in [-0.3, -0.25) is 4.99 Å². The zero-order chi connectivity index (χ0) is 6.69. The average molecular weight is 142 g/mol. The minimum absolute atomic E-state index is 0.106. The molecule has 1 atom stereocenters. The maximum absolute atomic E-state index is 9.73. The summed E-state index contributed by atoms with van der Waals surface area (Å²) >= 11 is 4.00. The van der Waals surface area contributed by atoms with Crippen molar-refractivity contribution in [1.29, 1.82) is 0 Å². The maximum atomic E-state index is 9.73. The molecule has 1 heterocycles. The lowest BCUT2D eigenvalue weighted by atomic mass is 10.3. The fourth-order valence-corrected chi connectivity index (χ4v) is 1.01. The lowest BCUT2D eigenvalue weighted by Gasteiger charge is -1.95. The lowest BCUT2D eigenvalue weighted by Crippen LogP contribution is -2.06. The number of hydrogen-bond donors (Lipinski definition) is 1. The largest absolute Gasteiger partial charge is 0.281 e. The highest BCUT2D eigenvalue weighted by Crippen LogP contribution is 2.11. The van der Waals surface area contributed by atoms with Crippen molar-refractivity contribution in [3.8, 4) is 0 Å². The zero-order valence-electron chi connectivity index (χ0n) is 4.74. The van der Waals surface area contributed by atoms with Crippen molar-refractivity contribution in [2.45, 2.75) is 12.5 Å². The summed E-state index contributed by atoms with van der Waals surface area (Å²) in [5.74, 6) is 0. The van der Waals surface area contributed by atoms with Crippen LogP contribution in [0.5, 0.6) is 0 Å². The highest BCUT2D eigenvalue weighted by Gasteiger charge is 2.15. The van der Waals surface area contributed by atoms with Gasteiger partial charge in [0.25, 0.3) is 0 Å². The SMILES string of the molecule is O=C=NC1CCN=C1S. The zero-order valence-corrected chi connectivity index (χ0v) is 5.64. The molecule has 0 saturated heterocycles. The van der Waals surface area contributed by atoms with Crippen LogP contribution in [-0.4, -0.2) is 23.7 Å². The van der Waals surface area contributed by atoms with E-state index in [1.807, 2.05) is 0 Å². The van der Waals surface area contributed by atoms with Crippen LogP contribution in [-0.2, 0) is 4.79 Å². The summed E-state index contributed by atoms with van der Waals surface area (Å²) in [7, 11) is 0. The standard InChI is InChI=1S/C5H6N2OS/c8-3-7-4-1-2-6-5(4)9/h4H,1-2H2,(H,6,9). The molecule has 48 valence electrons. The fourth-order valence-electron chi connectivity index (χ4n) is 0.722. The van der Waals surface area contributed by atoms with E-state index < -0.39 is 0 Å². The molecule has 3 nitrogen and oxygen atoms in total. The van der Waals surface area contributed by atoms with Gasteiger partial charge in [0, 0.05) is 6.54 Å². The second-order valence-electron chi connectivity index (χ2n) is 1.76. The minimum Gasteiger partial charge on any atom is -0.281 e. The number of thiol groups is 1. The van der Waals surface area contributed by atoms with Gasteiger partial charge in [-0.2, -0.15) is 4.99 Å². The molecule has 0 aromatic heterocycles. The molecule has 1 rings (SSSR count). The van der Waals surface area contributed by atoms with E-state index in [0.29, 0.717) is 5.04 Å². The first-order valence-corrected chi connectivity index (χ1v) is 3.09. The van der Waals surface area contributed by atoms with Gasteiger partial charge in [-0.1, -0.05) is 0 Å². The van der Waals surface area contributed by atoms with Gasteiger partial charge in [0.15, 0.2) is 0 Å². The molecule has 0 saturated carbocycles. The molecule has 0 aromatic carbocycles. The van der Waals surface area contributed by atoms with Crippen molar-refractivity contribution in [3.05, 3.63) is 0 Å². The highest BCUT2D eigenvalue weighted by atomic mass is 32.1. The molecule has 0 aromatic rings. The summed E-state index contributed by atoms with van der Waals surface area (Å²) in [5, 5.41) is 0.651. The Labute approximate surface area is 58.3 Å². The second-order valence-corrected chi connectivity index (χ2v) is 2.22. The van der Waals surface area contributed by atoms with Crippen molar-refractivity contribution in [3.63, 3.8) is 0 Å². The summed E-state index contributed by atoms with van der Waals surface area (Å²) in [6, 6.07) is -0.106. The van der Waals surface area contributed by atoms with Gasteiger partial charge in [-0.15, -0.1) is 12.6 Å². The van der Waals surface area contributed by atoms with Crippen LogP contribution in [0.2, 0.25) is 0 Å². The summed E-state index contributed by atoms with van der Waals surface area (Å²) in [4.78, 5) is 17.2. The summed E-state index contributed by atoms with van der Waals surface area (Å²) in [6.45, 7) is 0.731. The molecule has 0 amide bonds. The first-order valence-electron chi connectivity index (χ1n) is 2.65. The molecule has 1 aliphatic heterocycles. The van der Waals surface area contributed by atoms with E-state index >= 15 is 0 Å². The van der Waals surface area contributed by atoms with Crippen molar-refractivity contribution >= 4 is 23.8 Å². The van der Waals surface area contributed by atoms with E-state index in [9.17, 15) is 4.79 Å². The third-order valence-electron chi connectivity index (χ3n) is 1.18. The Morgan fingerprint density at radius 3 is 3.11 bits per heavy atom. The Balaban J connectivity index is 2.63. The monoisotopic (exact) mass is 142 g/mol. The molecule has 0 radical (unpaired) electrons. The van der Waals surface area contributed by atoms with E-state index in [1.54, 1.807) is 0 Å². The van der Waals surface area contributed by atoms with Gasteiger partial charge in [-0.25, -0.2) is 4.79 Å². The van der Waals surface area contributed by atoms with Crippen molar-refractivity contribution < 1.29 is 4.79 Å². The summed E-state index contributed by atoms with van der Waals surface area (Å²) in [6.07, 6.45) is 2.28. The molecular weight excluding hydrogens is 136 g/mol. The quantitative estimate of drug-likeness (QED) is 0.322. The van der Waals surface area contributed by atoms with Gasteiger partial charge in [0.05, 0.1) is 5.04 Å². The van der Waals surface area contributed by atoms with Crippen molar-refractivity contribution in [2.24, 2.45) is 9.98 Å². The van der Waals surface area contributed by atoms with Crippen LogP contribution in [0.1, 0.15) is 6.42 Å². The molecule has 1 unspecified atom stereocenters. The van der Waals surface area contributed by atoms with Crippen LogP contribution in [0, 0.1) is 0 Å². The molecule has 0 spiro atoms. The predicted molar refractivity (Wildman–Crippen MR) is 37.8 cm³/mol. The smallest absolute Gasteiger partial charge is 0.235 e. The molecule has 0 N–H and O–H groups in total. The summed E-state index contributed by atoms with van der Waals surface area (Å²) in [5.41, 5.74) is 0. The van der Waals surface area contributed by atoms with Gasteiger partial charge in [-0.05, 0) is 6.42 Å². The predicted octanol–water partition coefficient (Wildman–Crippen LogP) is 0.423.